The van der Waals surface area contributed by atoms with Gasteiger partial charge in [-0.15, -0.1) is 0 Å². The molecule has 0 bridgehead atoms. The predicted molar refractivity (Wildman–Crippen MR) is 49.4 cm³/mol. The van der Waals surface area contributed by atoms with Crippen LogP contribution in [0.25, 0.3) is 0 Å². The molecular weight excluding hydrogens is 247 g/mol. The van der Waals surface area contributed by atoms with Crippen LogP contribution in [0.15, 0.2) is 23.1 Å². The Kier molecular flexibility index (Phi) is 3.15. The van der Waals surface area contributed by atoms with Crippen LogP contribution in [0.5, 0.6) is 5.75 Å². The van der Waals surface area contributed by atoms with Gasteiger partial charge >= 0.3 is 6.18 Å². The maximum absolute atomic E-state index is 12.3. The third-order valence-corrected chi connectivity index (χ3v) is 3.19. The molecule has 0 fully saturated rings. The van der Waals surface area contributed by atoms with Gasteiger partial charge in [-0.3, -0.25) is 0 Å². The van der Waals surface area contributed by atoms with E-state index >= 15 is 0 Å². The van der Waals surface area contributed by atoms with Crippen molar-refractivity contribution in [3.63, 3.8) is 0 Å². The number of rotatable bonds is 2. The van der Waals surface area contributed by atoms with Gasteiger partial charge < -0.3 is 5.11 Å². The molecule has 0 aliphatic carbocycles. The molecule has 0 aliphatic rings. The number of phenols is 1. The van der Waals surface area contributed by atoms with Gasteiger partial charge in [0.05, 0.1) is 10.5 Å². The van der Waals surface area contributed by atoms with Crippen LogP contribution in [-0.2, 0) is 16.2 Å². The normalized spacial score (nSPS) is 12.8. The van der Waals surface area contributed by atoms with Crippen molar-refractivity contribution in [1.29, 1.82) is 0 Å². The van der Waals surface area contributed by atoms with Crippen molar-refractivity contribution in [2.45, 2.75) is 11.1 Å². The molecule has 16 heavy (non-hydrogen) atoms. The fourth-order valence-electron chi connectivity index (χ4n) is 1.02. The smallest absolute Gasteiger partial charge is 0.416 e. The molecule has 0 aromatic heterocycles. The Hall–Kier alpha value is -1.28. The number of sulfonamides is 1. The standard InChI is InChI=1S/C8H8F3NO3S/c1-12-16(14,15)7-3-5(8(9,10)11)2-6(13)4-7/h2-4,12-13H,1H3. The third-order valence-electron chi connectivity index (χ3n) is 1.80. The minimum absolute atomic E-state index is 0.450. The van der Waals surface area contributed by atoms with Crippen LogP contribution in [0.1, 0.15) is 5.56 Å². The Balaban J connectivity index is 3.41. The van der Waals surface area contributed by atoms with E-state index in [0.29, 0.717) is 12.1 Å². The summed E-state index contributed by atoms with van der Waals surface area (Å²) in [6.45, 7) is 0. The zero-order valence-corrected chi connectivity index (χ0v) is 8.85. The molecule has 0 radical (unpaired) electrons. The number of hydrogen-bond donors (Lipinski definition) is 2. The number of nitrogens with one attached hydrogen (secondary N) is 1. The van der Waals surface area contributed by atoms with E-state index in [-0.39, 0.29) is 0 Å². The van der Waals surface area contributed by atoms with Crippen molar-refractivity contribution in [3.8, 4) is 5.75 Å². The van der Waals surface area contributed by atoms with E-state index in [9.17, 15) is 21.6 Å². The lowest BCUT2D eigenvalue weighted by Gasteiger charge is -2.09. The van der Waals surface area contributed by atoms with Crippen LogP contribution in [0.4, 0.5) is 13.2 Å². The highest BCUT2D eigenvalue weighted by atomic mass is 32.2. The van der Waals surface area contributed by atoms with Gasteiger partial charge in [-0.05, 0) is 25.2 Å². The predicted octanol–water partition coefficient (Wildman–Crippen LogP) is 1.32. The molecule has 1 rings (SSSR count). The molecule has 8 heteroatoms. The van der Waals surface area contributed by atoms with Crippen molar-refractivity contribution in [1.82, 2.24) is 4.72 Å². The molecule has 0 amide bonds. The van der Waals surface area contributed by atoms with E-state index < -0.39 is 32.4 Å². The first kappa shape index (κ1) is 12.8. The van der Waals surface area contributed by atoms with Crippen LogP contribution in [0.2, 0.25) is 0 Å². The molecule has 0 saturated heterocycles. The number of alkyl halides is 3. The highest BCUT2D eigenvalue weighted by Crippen LogP contribution is 2.33. The van der Waals surface area contributed by atoms with Gasteiger partial charge in [0.15, 0.2) is 0 Å². The Morgan fingerprint density at radius 2 is 1.81 bits per heavy atom. The summed E-state index contributed by atoms with van der Waals surface area (Å²) in [5.74, 6) is -0.761. The van der Waals surface area contributed by atoms with Crippen molar-refractivity contribution >= 4 is 10.0 Å². The summed E-state index contributed by atoms with van der Waals surface area (Å²) in [6, 6.07) is 1.64. The Morgan fingerprint density at radius 1 is 1.25 bits per heavy atom. The molecule has 0 saturated carbocycles. The molecule has 2 N–H and O–H groups in total. The highest BCUT2D eigenvalue weighted by Gasteiger charge is 2.32. The SMILES string of the molecule is CNS(=O)(=O)c1cc(O)cc(C(F)(F)F)c1. The molecule has 4 nitrogen and oxygen atoms in total. The summed E-state index contributed by atoms with van der Waals surface area (Å²) in [7, 11) is -2.95. The molecule has 0 heterocycles. The lowest BCUT2D eigenvalue weighted by molar-refractivity contribution is -0.137. The first-order valence-corrected chi connectivity index (χ1v) is 5.50. The lowest BCUT2D eigenvalue weighted by atomic mass is 10.2. The first-order chi connectivity index (χ1) is 7.16. The summed E-state index contributed by atoms with van der Waals surface area (Å²) in [4.78, 5) is -0.637. The largest absolute Gasteiger partial charge is 0.508 e. The van der Waals surface area contributed by atoms with E-state index in [2.05, 4.69) is 0 Å². The van der Waals surface area contributed by atoms with E-state index in [4.69, 9.17) is 5.11 Å². The maximum atomic E-state index is 12.3. The summed E-state index contributed by atoms with van der Waals surface area (Å²) < 4.78 is 61.3. The highest BCUT2D eigenvalue weighted by molar-refractivity contribution is 7.89. The maximum Gasteiger partial charge on any atom is 0.416 e. The first-order valence-electron chi connectivity index (χ1n) is 4.01. The zero-order valence-electron chi connectivity index (χ0n) is 8.04. The van der Waals surface area contributed by atoms with Gasteiger partial charge in [-0.1, -0.05) is 0 Å². The van der Waals surface area contributed by atoms with Gasteiger partial charge in [-0.2, -0.15) is 13.2 Å². The van der Waals surface area contributed by atoms with Crippen LogP contribution < -0.4 is 4.72 Å². The van der Waals surface area contributed by atoms with Crippen molar-refractivity contribution < 1.29 is 26.7 Å². The zero-order chi connectivity index (χ0) is 12.6. The van der Waals surface area contributed by atoms with E-state index in [1.54, 1.807) is 0 Å². The summed E-state index contributed by atoms with van der Waals surface area (Å²) in [5.41, 5.74) is -1.22. The summed E-state index contributed by atoms with van der Waals surface area (Å²) >= 11 is 0. The minimum Gasteiger partial charge on any atom is -0.508 e. The van der Waals surface area contributed by atoms with Crippen LogP contribution in [0.3, 0.4) is 0 Å². The molecule has 0 spiro atoms. The van der Waals surface area contributed by atoms with Gasteiger partial charge in [-0.25, -0.2) is 13.1 Å². The molecule has 1 aromatic carbocycles. The van der Waals surface area contributed by atoms with Crippen LogP contribution in [-0.4, -0.2) is 20.6 Å². The molecular formula is C8H8F3NO3S. The van der Waals surface area contributed by atoms with Gasteiger partial charge in [0, 0.05) is 0 Å². The summed E-state index contributed by atoms with van der Waals surface area (Å²) in [5, 5.41) is 9.02. The van der Waals surface area contributed by atoms with Crippen LogP contribution in [0, 0.1) is 0 Å². The number of aromatic hydroxyl groups is 1. The Morgan fingerprint density at radius 3 is 2.25 bits per heavy atom. The van der Waals surface area contributed by atoms with Gasteiger partial charge in [0.25, 0.3) is 0 Å². The molecule has 90 valence electrons. The monoisotopic (exact) mass is 255 g/mol. The molecule has 0 atom stereocenters. The number of benzene rings is 1. The average molecular weight is 255 g/mol. The van der Waals surface area contributed by atoms with Crippen molar-refractivity contribution in [2.75, 3.05) is 7.05 Å². The van der Waals surface area contributed by atoms with Crippen molar-refractivity contribution in [3.05, 3.63) is 23.8 Å². The second-order valence-electron chi connectivity index (χ2n) is 2.92. The summed E-state index contributed by atoms with van der Waals surface area (Å²) in [6.07, 6.45) is -4.71. The fourth-order valence-corrected chi connectivity index (χ4v) is 1.81. The average Bonchev–Trinajstić information content (AvgIpc) is 2.15. The second-order valence-corrected chi connectivity index (χ2v) is 4.81. The van der Waals surface area contributed by atoms with E-state index in [1.165, 1.54) is 0 Å². The second kappa shape index (κ2) is 3.95. The third kappa shape index (κ3) is 2.64. The van der Waals surface area contributed by atoms with Gasteiger partial charge in [0.2, 0.25) is 10.0 Å². The Labute approximate surface area is 89.8 Å². The molecule has 0 aliphatic heterocycles. The van der Waals surface area contributed by atoms with Crippen LogP contribution >= 0.6 is 0 Å². The lowest BCUT2D eigenvalue weighted by Crippen LogP contribution is -2.19. The van der Waals surface area contributed by atoms with Crippen molar-refractivity contribution in [2.24, 2.45) is 0 Å². The Bertz CT molecular complexity index is 496. The number of hydrogen-bond acceptors (Lipinski definition) is 3. The topological polar surface area (TPSA) is 66.4 Å². The molecule has 0 unspecified atom stereocenters. The minimum atomic E-state index is -4.71. The number of halogens is 3. The van der Waals surface area contributed by atoms with E-state index in [0.717, 1.165) is 13.1 Å². The molecule has 1 aromatic rings. The van der Waals surface area contributed by atoms with Gasteiger partial charge in [0.1, 0.15) is 5.75 Å². The quantitative estimate of drug-likeness (QED) is 0.837. The fraction of sp³-hybridized carbons (Fsp3) is 0.250. The number of phenolic OH excluding ortho intramolecular Hbond substituents is 1. The van der Waals surface area contributed by atoms with E-state index in [1.807, 2.05) is 4.72 Å².